The van der Waals surface area contributed by atoms with Crippen molar-refractivity contribution < 1.29 is 10.2 Å². The Bertz CT molecular complexity index is 217. The monoisotopic (exact) mass is 226 g/mol. The van der Waals surface area contributed by atoms with Gasteiger partial charge in [-0.25, -0.2) is 0 Å². The van der Waals surface area contributed by atoms with E-state index in [9.17, 15) is 10.2 Å². The molecule has 1 rings (SSSR count). The first-order chi connectivity index (χ1) is 7.47. The molecule has 0 heterocycles. The van der Waals surface area contributed by atoms with Crippen LogP contribution in [0.2, 0.25) is 0 Å². The van der Waals surface area contributed by atoms with Gasteiger partial charge in [0.15, 0.2) is 0 Å². The fourth-order valence-corrected chi connectivity index (χ4v) is 2.55. The van der Waals surface area contributed by atoms with E-state index in [1.54, 1.807) is 13.0 Å². The minimum Gasteiger partial charge on any atom is -0.393 e. The normalized spacial score (nSPS) is 25.8. The Morgan fingerprint density at radius 2 is 1.94 bits per heavy atom. The maximum absolute atomic E-state index is 10.3. The fraction of sp³-hybridized carbons (Fsp3) is 0.857. The van der Waals surface area contributed by atoms with E-state index in [1.165, 1.54) is 19.3 Å². The van der Waals surface area contributed by atoms with Crippen LogP contribution in [0, 0.1) is 11.8 Å². The third-order valence-corrected chi connectivity index (χ3v) is 4.15. The summed E-state index contributed by atoms with van der Waals surface area (Å²) >= 11 is 0. The highest BCUT2D eigenvalue weighted by Gasteiger charge is 2.32. The van der Waals surface area contributed by atoms with Crippen molar-refractivity contribution in [3.05, 3.63) is 12.7 Å². The van der Waals surface area contributed by atoms with Crippen LogP contribution in [-0.4, -0.2) is 21.9 Å². The average Bonchev–Trinajstić information content (AvgIpc) is 2.28. The minimum atomic E-state index is -0.835. The Morgan fingerprint density at radius 3 is 2.44 bits per heavy atom. The molecule has 3 atom stereocenters. The van der Waals surface area contributed by atoms with Crippen LogP contribution in [0.4, 0.5) is 0 Å². The number of hydrogen-bond acceptors (Lipinski definition) is 2. The quantitative estimate of drug-likeness (QED) is 0.708. The highest BCUT2D eigenvalue weighted by molar-refractivity contribution is 4.92. The predicted octanol–water partition coefficient (Wildman–Crippen LogP) is 2.89. The van der Waals surface area contributed by atoms with E-state index in [0.29, 0.717) is 12.3 Å². The van der Waals surface area contributed by atoms with E-state index in [2.05, 4.69) is 6.58 Å². The lowest BCUT2D eigenvalue weighted by molar-refractivity contribution is -0.0429. The van der Waals surface area contributed by atoms with Crippen molar-refractivity contribution in [1.29, 1.82) is 0 Å². The van der Waals surface area contributed by atoms with Gasteiger partial charge in [0.25, 0.3) is 0 Å². The Hall–Kier alpha value is -0.340. The maximum Gasteiger partial charge on any atom is 0.0704 e. The summed E-state index contributed by atoms with van der Waals surface area (Å²) in [4.78, 5) is 0. The van der Waals surface area contributed by atoms with Gasteiger partial charge >= 0.3 is 0 Å². The SMILES string of the molecule is C=C[C@@H](C)[C@](C)(O)C[C@H](O)C1CCCCC1. The van der Waals surface area contributed by atoms with Gasteiger partial charge in [0.05, 0.1) is 11.7 Å². The third-order valence-electron chi connectivity index (χ3n) is 4.15. The van der Waals surface area contributed by atoms with E-state index < -0.39 is 5.60 Å². The van der Waals surface area contributed by atoms with Crippen LogP contribution >= 0.6 is 0 Å². The molecule has 1 saturated carbocycles. The number of rotatable bonds is 5. The summed E-state index contributed by atoms with van der Waals surface area (Å²) in [5, 5.41) is 20.4. The topological polar surface area (TPSA) is 40.5 Å². The molecule has 2 N–H and O–H groups in total. The van der Waals surface area contributed by atoms with Crippen LogP contribution in [0.1, 0.15) is 52.4 Å². The summed E-state index contributed by atoms with van der Waals surface area (Å²) in [6.45, 7) is 7.45. The fourth-order valence-electron chi connectivity index (χ4n) is 2.55. The second-order valence-corrected chi connectivity index (χ2v) is 5.55. The molecule has 0 aromatic heterocycles. The first-order valence-corrected chi connectivity index (χ1v) is 6.50. The van der Waals surface area contributed by atoms with Gasteiger partial charge in [-0.15, -0.1) is 6.58 Å². The standard InChI is InChI=1S/C14H26O2/c1-4-11(2)14(3,16)10-13(15)12-8-6-5-7-9-12/h4,11-13,15-16H,1,5-10H2,2-3H3/t11-,13+,14-/m1/s1. The van der Waals surface area contributed by atoms with Gasteiger partial charge in [-0.2, -0.15) is 0 Å². The molecule has 1 fully saturated rings. The lowest BCUT2D eigenvalue weighted by atomic mass is 9.78. The van der Waals surface area contributed by atoms with Crippen LogP contribution in [0.5, 0.6) is 0 Å². The first-order valence-electron chi connectivity index (χ1n) is 6.50. The van der Waals surface area contributed by atoms with Gasteiger partial charge in [-0.3, -0.25) is 0 Å². The summed E-state index contributed by atoms with van der Waals surface area (Å²) in [6.07, 6.45) is 7.82. The molecule has 0 saturated heterocycles. The molecule has 2 heteroatoms. The number of aliphatic hydroxyl groups excluding tert-OH is 1. The van der Waals surface area contributed by atoms with E-state index in [4.69, 9.17) is 0 Å². The highest BCUT2D eigenvalue weighted by Crippen LogP contribution is 2.32. The zero-order valence-corrected chi connectivity index (χ0v) is 10.7. The maximum atomic E-state index is 10.3. The molecule has 1 aliphatic rings. The van der Waals surface area contributed by atoms with Crippen molar-refractivity contribution in [3.63, 3.8) is 0 Å². The zero-order chi connectivity index (χ0) is 12.2. The lowest BCUT2D eigenvalue weighted by Crippen LogP contribution is -2.38. The molecule has 0 radical (unpaired) electrons. The Labute approximate surface area is 99.4 Å². The Balaban J connectivity index is 2.48. The predicted molar refractivity (Wildman–Crippen MR) is 67.2 cm³/mol. The number of aliphatic hydroxyl groups is 2. The largest absolute Gasteiger partial charge is 0.393 e. The molecule has 0 aliphatic heterocycles. The van der Waals surface area contributed by atoms with Crippen LogP contribution < -0.4 is 0 Å². The Kier molecular flexibility index (Phi) is 5.00. The summed E-state index contributed by atoms with van der Waals surface area (Å²) < 4.78 is 0. The zero-order valence-electron chi connectivity index (χ0n) is 10.7. The molecule has 0 amide bonds. The van der Waals surface area contributed by atoms with Gasteiger partial charge < -0.3 is 10.2 Å². The molecular formula is C14H26O2. The second-order valence-electron chi connectivity index (χ2n) is 5.55. The Morgan fingerprint density at radius 1 is 1.38 bits per heavy atom. The molecule has 16 heavy (non-hydrogen) atoms. The van der Waals surface area contributed by atoms with Crippen molar-refractivity contribution in [3.8, 4) is 0 Å². The van der Waals surface area contributed by atoms with E-state index in [0.717, 1.165) is 12.8 Å². The van der Waals surface area contributed by atoms with Gasteiger partial charge in [-0.05, 0) is 25.7 Å². The molecule has 0 bridgehead atoms. The molecule has 1 aliphatic carbocycles. The molecule has 0 aromatic carbocycles. The van der Waals surface area contributed by atoms with Crippen LogP contribution in [-0.2, 0) is 0 Å². The average molecular weight is 226 g/mol. The molecule has 94 valence electrons. The molecule has 0 aromatic rings. The summed E-state index contributed by atoms with van der Waals surface area (Å²) in [7, 11) is 0. The summed E-state index contributed by atoms with van der Waals surface area (Å²) in [5.74, 6) is 0.406. The smallest absolute Gasteiger partial charge is 0.0704 e. The van der Waals surface area contributed by atoms with Crippen LogP contribution in [0.25, 0.3) is 0 Å². The van der Waals surface area contributed by atoms with Gasteiger partial charge in [0.2, 0.25) is 0 Å². The van der Waals surface area contributed by atoms with Crippen LogP contribution in [0.3, 0.4) is 0 Å². The molecular weight excluding hydrogens is 200 g/mol. The lowest BCUT2D eigenvalue weighted by Gasteiger charge is -2.34. The van der Waals surface area contributed by atoms with Crippen molar-refractivity contribution in [2.24, 2.45) is 11.8 Å². The molecule has 0 unspecified atom stereocenters. The van der Waals surface area contributed by atoms with E-state index in [1.807, 2.05) is 6.92 Å². The van der Waals surface area contributed by atoms with E-state index in [-0.39, 0.29) is 12.0 Å². The minimum absolute atomic E-state index is 0.0192. The molecule has 2 nitrogen and oxygen atoms in total. The molecule has 0 spiro atoms. The highest BCUT2D eigenvalue weighted by atomic mass is 16.3. The van der Waals surface area contributed by atoms with Gasteiger partial charge in [0.1, 0.15) is 0 Å². The van der Waals surface area contributed by atoms with Crippen molar-refractivity contribution in [1.82, 2.24) is 0 Å². The van der Waals surface area contributed by atoms with Crippen molar-refractivity contribution in [2.75, 3.05) is 0 Å². The van der Waals surface area contributed by atoms with Crippen molar-refractivity contribution in [2.45, 2.75) is 64.1 Å². The second kappa shape index (κ2) is 5.83. The van der Waals surface area contributed by atoms with Crippen LogP contribution in [0.15, 0.2) is 12.7 Å². The van der Waals surface area contributed by atoms with E-state index >= 15 is 0 Å². The van der Waals surface area contributed by atoms with Gasteiger partial charge in [0, 0.05) is 12.3 Å². The van der Waals surface area contributed by atoms with Gasteiger partial charge in [-0.1, -0.05) is 32.3 Å². The number of hydrogen-bond donors (Lipinski definition) is 2. The first kappa shape index (κ1) is 13.7. The summed E-state index contributed by atoms with van der Waals surface area (Å²) in [5.41, 5.74) is -0.835. The summed E-state index contributed by atoms with van der Waals surface area (Å²) in [6, 6.07) is 0. The van der Waals surface area contributed by atoms with Crippen molar-refractivity contribution >= 4 is 0 Å². The third kappa shape index (κ3) is 3.60.